The third kappa shape index (κ3) is 9.23. The van der Waals surface area contributed by atoms with Gasteiger partial charge in [-0.25, -0.2) is 0 Å². The Kier molecular flexibility index (Phi) is 11.1. The molecule has 0 aliphatic heterocycles. The maximum atomic E-state index is 11.1. The number of rotatable bonds is 9. The molecule has 282 valence electrons. The lowest BCUT2D eigenvalue weighted by atomic mass is 9.71. The highest BCUT2D eigenvalue weighted by Crippen LogP contribution is 2.44. The van der Waals surface area contributed by atoms with E-state index in [-0.39, 0.29) is 46.4 Å². The second kappa shape index (κ2) is 14.9. The number of hydrogen-bond donors (Lipinski definition) is 4. The van der Waals surface area contributed by atoms with Gasteiger partial charge in [0.05, 0.1) is 6.61 Å². The van der Waals surface area contributed by atoms with Gasteiger partial charge in [0.15, 0.2) is 0 Å². The molecular weight excluding hydrogens is 665 g/mol. The summed E-state index contributed by atoms with van der Waals surface area (Å²) in [6.45, 7) is 21.6. The number of nitrogens with zero attached hydrogens (tertiary/aromatic N) is 6. The third-order valence-electron chi connectivity index (χ3n) is 9.29. The molecule has 0 bridgehead atoms. The summed E-state index contributed by atoms with van der Waals surface area (Å²) in [6, 6.07) is 22.7. The Morgan fingerprint density at radius 1 is 0.509 bits per heavy atom. The zero-order valence-corrected chi connectivity index (χ0v) is 32.9. The summed E-state index contributed by atoms with van der Waals surface area (Å²) in [6.07, 6.45) is 2.31. The Morgan fingerprint density at radius 2 is 0.849 bits per heavy atom. The molecule has 0 aliphatic carbocycles. The zero-order valence-electron chi connectivity index (χ0n) is 32.9. The van der Waals surface area contributed by atoms with Crippen molar-refractivity contribution < 1.29 is 20.4 Å². The number of aliphatic hydroxyl groups is 2. The number of hydrogen-bond acceptors (Lipinski definition) is 8. The fraction of sp³-hybridized carbons (Fsp3) is 0.442. The number of benzene rings is 4. The average molecular weight is 721 g/mol. The molecule has 0 unspecified atom stereocenters. The molecule has 0 saturated heterocycles. The van der Waals surface area contributed by atoms with E-state index in [4.69, 9.17) is 0 Å². The topological polar surface area (TPSA) is 142 Å². The lowest BCUT2D eigenvalue weighted by Gasteiger charge is -2.34. The van der Waals surface area contributed by atoms with Crippen molar-refractivity contribution in [2.24, 2.45) is 10.8 Å². The Hall–Kier alpha value is -4.80. The van der Waals surface area contributed by atoms with E-state index >= 15 is 0 Å². The highest BCUT2D eigenvalue weighted by molar-refractivity contribution is 5.74. The Bertz CT molecular complexity index is 2130. The fourth-order valence-electron chi connectivity index (χ4n) is 7.83. The van der Waals surface area contributed by atoms with Gasteiger partial charge in [0.2, 0.25) is 0 Å². The quantitative estimate of drug-likeness (QED) is 0.116. The van der Waals surface area contributed by atoms with Crippen LogP contribution >= 0.6 is 0 Å². The van der Waals surface area contributed by atoms with Gasteiger partial charge in [-0.05, 0) is 94.5 Å². The van der Waals surface area contributed by atoms with Crippen molar-refractivity contribution in [2.45, 2.75) is 106 Å². The van der Waals surface area contributed by atoms with E-state index in [1.165, 1.54) is 9.59 Å². The molecule has 4 aromatic carbocycles. The van der Waals surface area contributed by atoms with Crippen molar-refractivity contribution in [3.05, 3.63) is 95.1 Å². The van der Waals surface area contributed by atoms with Gasteiger partial charge in [-0.1, -0.05) is 99.6 Å². The van der Waals surface area contributed by atoms with Crippen LogP contribution in [0.1, 0.15) is 104 Å². The van der Waals surface area contributed by atoms with Crippen LogP contribution in [0.2, 0.25) is 0 Å². The average Bonchev–Trinajstić information content (AvgIpc) is 3.68. The first kappa shape index (κ1) is 39.4. The van der Waals surface area contributed by atoms with Crippen molar-refractivity contribution in [3.63, 3.8) is 0 Å². The second-order valence-electron chi connectivity index (χ2n) is 17.9. The maximum absolute atomic E-state index is 11.1. The molecule has 10 heteroatoms. The van der Waals surface area contributed by atoms with Crippen molar-refractivity contribution in [1.82, 2.24) is 30.0 Å². The first-order valence-corrected chi connectivity index (χ1v) is 18.3. The van der Waals surface area contributed by atoms with E-state index in [1.54, 1.807) is 6.07 Å². The van der Waals surface area contributed by atoms with Gasteiger partial charge < -0.3 is 20.4 Å². The third-order valence-corrected chi connectivity index (χ3v) is 9.29. The van der Waals surface area contributed by atoms with Crippen LogP contribution in [-0.2, 0) is 23.9 Å². The van der Waals surface area contributed by atoms with Crippen LogP contribution in [0.3, 0.4) is 0 Å². The van der Waals surface area contributed by atoms with Gasteiger partial charge in [0.1, 0.15) is 44.9 Å². The highest BCUT2D eigenvalue weighted by atomic mass is 16.3. The van der Waals surface area contributed by atoms with Crippen LogP contribution in [-0.4, -0.2) is 57.0 Å². The molecule has 53 heavy (non-hydrogen) atoms. The number of phenolic OH excluding ortho intramolecular Hbond substituents is 2. The summed E-state index contributed by atoms with van der Waals surface area (Å²) in [5, 5.41) is 59.4. The normalized spacial score (nSPS) is 12.7. The molecule has 0 amide bonds. The van der Waals surface area contributed by atoms with E-state index in [2.05, 4.69) is 89.6 Å². The standard InChI is InChI=1S/C22H29N3O2.C21H27N3O2/c1-21(2,3)14-22(4,5)16-12-15(10-11-26)13-19(20(16)27)25-23-17-8-6-7-9-18(17)24-25;1-20(2,3)13-21(4,5)15-10-14(12-25)11-18(19(15)26)24-22-16-8-6-7-9-17(16)23-24/h6-9,12-13,26-27H,10-11,14H2,1-5H3;6-11,25-26H,12-13H2,1-5H3. The monoisotopic (exact) mass is 720 g/mol. The number of phenols is 2. The van der Waals surface area contributed by atoms with Crippen LogP contribution in [0, 0.1) is 10.8 Å². The largest absolute Gasteiger partial charge is 0.505 e. The molecule has 0 saturated carbocycles. The first-order chi connectivity index (χ1) is 24.7. The van der Waals surface area contributed by atoms with Gasteiger partial charge in [0.25, 0.3) is 0 Å². The predicted octanol–water partition coefficient (Wildman–Crippen LogP) is 8.71. The van der Waals surface area contributed by atoms with E-state index in [0.717, 1.165) is 57.2 Å². The summed E-state index contributed by atoms with van der Waals surface area (Å²) in [5.74, 6) is 0.364. The SMILES string of the molecule is CC(C)(C)CC(C)(C)c1cc(CCO)cc(-n2nc3ccccc3n2)c1O.CC(C)(C)CC(C)(C)c1cc(CO)cc(-n2nc3ccccc3n2)c1O. The van der Waals surface area contributed by atoms with Crippen LogP contribution in [0.4, 0.5) is 0 Å². The molecule has 6 rings (SSSR count). The molecule has 6 aromatic rings. The second-order valence-corrected chi connectivity index (χ2v) is 17.9. The van der Waals surface area contributed by atoms with Gasteiger partial charge in [-0.3, -0.25) is 0 Å². The molecule has 0 fully saturated rings. The van der Waals surface area contributed by atoms with Crippen molar-refractivity contribution in [2.75, 3.05) is 6.61 Å². The van der Waals surface area contributed by atoms with E-state index in [9.17, 15) is 20.4 Å². The summed E-state index contributed by atoms with van der Waals surface area (Å²) in [7, 11) is 0. The molecule has 4 N–H and O–H groups in total. The molecule has 0 atom stereocenters. The van der Waals surface area contributed by atoms with Crippen LogP contribution in [0.5, 0.6) is 11.5 Å². The van der Waals surface area contributed by atoms with Crippen LogP contribution < -0.4 is 0 Å². The summed E-state index contributed by atoms with van der Waals surface area (Å²) >= 11 is 0. The molecule has 10 nitrogen and oxygen atoms in total. The van der Waals surface area contributed by atoms with Gasteiger partial charge >= 0.3 is 0 Å². The van der Waals surface area contributed by atoms with E-state index < -0.39 is 0 Å². The van der Waals surface area contributed by atoms with E-state index in [0.29, 0.717) is 17.8 Å². The zero-order chi connectivity index (χ0) is 38.9. The molecule has 2 aromatic heterocycles. The molecule has 2 heterocycles. The molecule has 0 aliphatic rings. The molecule has 0 spiro atoms. The van der Waals surface area contributed by atoms with Crippen molar-refractivity contribution in [1.29, 1.82) is 0 Å². The summed E-state index contributed by atoms with van der Waals surface area (Å²) < 4.78 is 0. The number of fused-ring (bicyclic) bond motifs is 2. The Balaban J connectivity index is 0.000000204. The van der Waals surface area contributed by atoms with Crippen molar-refractivity contribution in [3.8, 4) is 22.9 Å². The first-order valence-electron chi connectivity index (χ1n) is 18.3. The molecule has 0 radical (unpaired) electrons. The summed E-state index contributed by atoms with van der Waals surface area (Å²) in [4.78, 5) is 2.95. The van der Waals surface area contributed by atoms with Gasteiger partial charge in [-0.15, -0.1) is 30.0 Å². The predicted molar refractivity (Wildman–Crippen MR) is 212 cm³/mol. The number of aromatic nitrogens is 6. The molecular formula is C43H56N6O4. The number of aliphatic hydroxyl groups excluding tert-OH is 2. The lowest BCUT2D eigenvalue weighted by Crippen LogP contribution is -2.25. The smallest absolute Gasteiger partial charge is 0.146 e. The van der Waals surface area contributed by atoms with Gasteiger partial charge in [0, 0.05) is 17.7 Å². The minimum atomic E-state index is -0.269. The summed E-state index contributed by atoms with van der Waals surface area (Å²) in [5.41, 5.74) is 7.18. The number of aromatic hydroxyl groups is 2. The van der Waals surface area contributed by atoms with Gasteiger partial charge in [-0.2, -0.15) is 0 Å². The van der Waals surface area contributed by atoms with Crippen molar-refractivity contribution >= 4 is 22.1 Å². The Morgan fingerprint density at radius 3 is 1.17 bits per heavy atom. The van der Waals surface area contributed by atoms with E-state index in [1.807, 2.05) is 66.7 Å². The van der Waals surface area contributed by atoms with Crippen LogP contribution in [0.15, 0.2) is 72.8 Å². The highest BCUT2D eigenvalue weighted by Gasteiger charge is 2.33. The van der Waals surface area contributed by atoms with Crippen LogP contribution in [0.25, 0.3) is 33.4 Å². The lowest BCUT2D eigenvalue weighted by molar-refractivity contribution is 0.273. The Labute approximate surface area is 313 Å². The fourth-order valence-corrected chi connectivity index (χ4v) is 7.83. The maximum Gasteiger partial charge on any atom is 0.146 e. The minimum absolute atomic E-state index is 0.0534. The minimum Gasteiger partial charge on any atom is -0.505 e.